The molecule has 0 spiro atoms. The Morgan fingerprint density at radius 1 is 0.830 bits per heavy atom. The van der Waals surface area contributed by atoms with Crippen molar-refractivity contribution in [2.75, 3.05) is 45.0 Å². The highest BCUT2D eigenvalue weighted by Crippen LogP contribution is 2.25. The highest BCUT2D eigenvalue weighted by atomic mass is 16.2. The van der Waals surface area contributed by atoms with Crippen molar-refractivity contribution in [3.63, 3.8) is 0 Å². The monoisotopic (exact) mass is 640 g/mol. The van der Waals surface area contributed by atoms with Gasteiger partial charge >= 0.3 is 7.05 Å². The van der Waals surface area contributed by atoms with E-state index in [1.54, 1.807) is 41.3 Å². The molecule has 13 heteroatoms. The van der Waals surface area contributed by atoms with Gasteiger partial charge in [0.1, 0.15) is 5.78 Å². The molecule has 3 aromatic heterocycles. The molecular weight excluding hydrogens is 595 g/mol. The summed E-state index contributed by atoms with van der Waals surface area (Å²) < 4.78 is 0. The molecule has 6 rings (SSSR count). The number of anilines is 1. The standard InChI is InChI=1S/C22H28N6O2.C12H17BN2O2/c23-22-25-12-16(13-26-22)14-27-8-4-17(5-9-27)21(30)28-10-6-18(20(29)15-28)11-19-3-1-2-7-24-19;1-13(17)15-7-5-10(12(16)9-15)8-11-4-2-3-6-14-11/h1-3,7,12-13,17-18H,4-6,8-11,14-15H2,(H2,23,25,26);2-4,6,10,17H,5,7-9H2,1H3. The van der Waals surface area contributed by atoms with Crippen molar-refractivity contribution in [3.8, 4) is 0 Å². The van der Waals surface area contributed by atoms with Gasteiger partial charge < -0.3 is 20.5 Å². The molecule has 2 unspecified atom stereocenters. The average molecular weight is 641 g/mol. The summed E-state index contributed by atoms with van der Waals surface area (Å²) in [4.78, 5) is 60.0. The van der Waals surface area contributed by atoms with Crippen molar-refractivity contribution >= 4 is 30.5 Å². The maximum Gasteiger partial charge on any atom is 0.376 e. The number of ketones is 2. The van der Waals surface area contributed by atoms with Crippen LogP contribution in [-0.2, 0) is 33.8 Å². The van der Waals surface area contributed by atoms with E-state index >= 15 is 0 Å². The van der Waals surface area contributed by atoms with Gasteiger partial charge in [-0.3, -0.25) is 29.3 Å². The Labute approximate surface area is 276 Å². The average Bonchev–Trinajstić information content (AvgIpc) is 3.09. The van der Waals surface area contributed by atoms with Gasteiger partial charge in [-0.1, -0.05) is 12.1 Å². The second-order valence-electron chi connectivity index (χ2n) is 12.8. The summed E-state index contributed by atoms with van der Waals surface area (Å²) in [6, 6.07) is 11.5. The van der Waals surface area contributed by atoms with Crippen molar-refractivity contribution in [1.29, 1.82) is 0 Å². The fraction of sp³-hybridized carbons (Fsp3) is 0.500. The van der Waals surface area contributed by atoms with E-state index in [4.69, 9.17) is 5.73 Å². The molecule has 0 saturated carbocycles. The van der Waals surface area contributed by atoms with Gasteiger partial charge in [0.25, 0.3) is 0 Å². The summed E-state index contributed by atoms with van der Waals surface area (Å²) >= 11 is 0. The first-order valence-corrected chi connectivity index (χ1v) is 16.6. The lowest BCUT2D eigenvalue weighted by Gasteiger charge is -2.36. The van der Waals surface area contributed by atoms with E-state index in [1.165, 1.54) is 0 Å². The normalized spacial score (nSPS) is 21.2. The van der Waals surface area contributed by atoms with Crippen molar-refractivity contribution in [2.24, 2.45) is 17.8 Å². The van der Waals surface area contributed by atoms with Gasteiger partial charge in [0.2, 0.25) is 11.9 Å². The summed E-state index contributed by atoms with van der Waals surface area (Å²) in [5.74, 6) is 0.803. The number of likely N-dealkylation sites (tertiary alicyclic amines) is 2. The molecule has 6 heterocycles. The third-order valence-electron chi connectivity index (χ3n) is 9.40. The summed E-state index contributed by atoms with van der Waals surface area (Å²) in [6.45, 7) is 6.20. The van der Waals surface area contributed by atoms with Crippen molar-refractivity contribution in [1.82, 2.24) is 34.5 Å². The largest absolute Gasteiger partial charge is 0.437 e. The number of carbonyl (C=O) groups is 3. The van der Waals surface area contributed by atoms with Crippen LogP contribution in [0, 0.1) is 17.8 Å². The van der Waals surface area contributed by atoms with Gasteiger partial charge in [-0.05, 0) is 89.2 Å². The molecule has 3 aliphatic rings. The molecule has 3 saturated heterocycles. The van der Waals surface area contributed by atoms with Crippen molar-refractivity contribution in [2.45, 2.75) is 51.9 Å². The third-order valence-corrected chi connectivity index (χ3v) is 9.40. The van der Waals surface area contributed by atoms with Crippen LogP contribution in [0.25, 0.3) is 0 Å². The van der Waals surface area contributed by atoms with Crippen LogP contribution in [0.4, 0.5) is 5.95 Å². The number of nitrogen functional groups attached to an aromatic ring is 1. The predicted octanol–water partition coefficient (Wildman–Crippen LogP) is 1.95. The van der Waals surface area contributed by atoms with Crippen molar-refractivity contribution in [3.05, 3.63) is 78.1 Å². The highest BCUT2D eigenvalue weighted by molar-refractivity contribution is 6.45. The molecule has 0 bridgehead atoms. The fourth-order valence-corrected chi connectivity index (χ4v) is 6.54. The quantitative estimate of drug-likeness (QED) is 0.347. The molecule has 3 N–H and O–H groups in total. The van der Waals surface area contributed by atoms with Crippen LogP contribution in [0.2, 0.25) is 6.82 Å². The fourth-order valence-electron chi connectivity index (χ4n) is 6.54. The minimum absolute atomic E-state index is 0.00376. The van der Waals surface area contributed by atoms with Gasteiger partial charge in [-0.15, -0.1) is 0 Å². The van der Waals surface area contributed by atoms with Gasteiger partial charge in [-0.2, -0.15) is 0 Å². The molecule has 12 nitrogen and oxygen atoms in total. The minimum atomic E-state index is -0.533. The zero-order valence-electron chi connectivity index (χ0n) is 27.2. The third kappa shape index (κ3) is 9.96. The first-order chi connectivity index (χ1) is 22.7. The topological polar surface area (TPSA) is 159 Å². The van der Waals surface area contributed by atoms with E-state index in [0.717, 1.165) is 68.8 Å². The summed E-state index contributed by atoms with van der Waals surface area (Å²) in [5, 5.41) is 9.43. The number of Topliss-reactive ketones (excluding diaryl/α,β-unsaturated/α-hetero) is 2. The first kappa shape index (κ1) is 34.3. The number of aromatic nitrogens is 4. The van der Waals surface area contributed by atoms with E-state index in [0.29, 0.717) is 25.9 Å². The van der Waals surface area contributed by atoms with Crippen LogP contribution in [0.5, 0.6) is 0 Å². The highest BCUT2D eigenvalue weighted by Gasteiger charge is 2.34. The minimum Gasteiger partial charge on any atom is -0.437 e. The summed E-state index contributed by atoms with van der Waals surface area (Å²) in [7, 11) is -0.533. The molecule has 1 amide bonds. The first-order valence-electron chi connectivity index (χ1n) is 16.6. The number of piperidine rings is 3. The maximum atomic E-state index is 13.0. The lowest BCUT2D eigenvalue weighted by atomic mass is 9.79. The number of nitrogens with zero attached hydrogens (tertiary/aromatic N) is 7. The van der Waals surface area contributed by atoms with Gasteiger partial charge in [0.05, 0.1) is 6.54 Å². The second kappa shape index (κ2) is 16.7. The Hall–Kier alpha value is -4.07. The lowest BCUT2D eigenvalue weighted by molar-refractivity contribution is -0.144. The number of amides is 1. The van der Waals surface area contributed by atoms with Crippen LogP contribution in [0.3, 0.4) is 0 Å². The molecular formula is C34H45BN8O4. The van der Waals surface area contributed by atoms with Crippen LogP contribution >= 0.6 is 0 Å². The Bertz CT molecular complexity index is 1460. The molecule has 0 aromatic carbocycles. The number of hydrogen-bond acceptors (Lipinski definition) is 11. The summed E-state index contributed by atoms with van der Waals surface area (Å²) in [5.41, 5.74) is 8.46. The van der Waals surface area contributed by atoms with E-state index in [9.17, 15) is 19.4 Å². The lowest BCUT2D eigenvalue weighted by Crippen LogP contribution is -2.48. The van der Waals surface area contributed by atoms with Crippen molar-refractivity contribution < 1.29 is 19.4 Å². The van der Waals surface area contributed by atoms with E-state index in [2.05, 4.69) is 24.8 Å². The van der Waals surface area contributed by atoms with Crippen LogP contribution in [0.1, 0.15) is 42.6 Å². The van der Waals surface area contributed by atoms with Crippen LogP contribution in [0.15, 0.2) is 61.2 Å². The maximum absolute atomic E-state index is 13.0. The van der Waals surface area contributed by atoms with Gasteiger partial charge in [0, 0.05) is 79.1 Å². The summed E-state index contributed by atoms with van der Waals surface area (Å²) in [6.07, 6.45) is 11.5. The number of nitrogens with two attached hydrogens (primary N) is 1. The number of rotatable bonds is 8. The second-order valence-corrected chi connectivity index (χ2v) is 12.8. The molecule has 3 aromatic rings. The van der Waals surface area contributed by atoms with E-state index in [1.807, 2.05) is 36.4 Å². The Kier molecular flexibility index (Phi) is 12.2. The zero-order valence-corrected chi connectivity index (χ0v) is 27.2. The Morgan fingerprint density at radius 2 is 1.40 bits per heavy atom. The smallest absolute Gasteiger partial charge is 0.376 e. The molecule has 0 aliphatic carbocycles. The Morgan fingerprint density at radius 3 is 1.91 bits per heavy atom. The Balaban J connectivity index is 0.000000216. The molecule has 3 fully saturated rings. The molecule has 248 valence electrons. The van der Waals surface area contributed by atoms with E-state index in [-0.39, 0.29) is 47.7 Å². The van der Waals surface area contributed by atoms with Gasteiger partial charge in [-0.25, -0.2) is 9.97 Å². The molecule has 3 aliphatic heterocycles. The molecule has 0 radical (unpaired) electrons. The number of hydrogen-bond donors (Lipinski definition) is 2. The molecule has 47 heavy (non-hydrogen) atoms. The van der Waals surface area contributed by atoms with Crippen LogP contribution < -0.4 is 5.73 Å². The SMILES string of the molecule is CB(O)N1CCC(Cc2ccccn2)C(=O)C1.Nc1ncc(CN2CCC(C(=O)N3CCC(Cc4ccccn4)C(=O)C3)CC2)cn1. The number of pyridine rings is 2. The molecule has 2 atom stereocenters. The zero-order chi connectivity index (χ0) is 33.2. The van der Waals surface area contributed by atoms with Crippen LogP contribution in [-0.4, -0.2) is 103 Å². The number of carbonyl (C=O) groups excluding carboxylic acids is 3. The van der Waals surface area contributed by atoms with E-state index < -0.39 is 7.05 Å². The predicted molar refractivity (Wildman–Crippen MR) is 179 cm³/mol. The van der Waals surface area contributed by atoms with Gasteiger partial charge in [0.15, 0.2) is 5.78 Å².